The van der Waals surface area contributed by atoms with E-state index in [2.05, 4.69) is 16.2 Å². The SMILES string of the molecule is Clc1cc2cc[c]nc2cn1. The predicted molar refractivity (Wildman–Crippen MR) is 43.4 cm³/mol. The molecule has 0 amide bonds. The van der Waals surface area contributed by atoms with Gasteiger partial charge in [-0.3, -0.25) is 0 Å². The topological polar surface area (TPSA) is 25.8 Å². The van der Waals surface area contributed by atoms with Gasteiger partial charge in [-0.2, -0.15) is 0 Å². The summed E-state index contributed by atoms with van der Waals surface area (Å²) in [5, 5.41) is 1.48. The molecule has 0 aliphatic carbocycles. The van der Waals surface area contributed by atoms with Crippen LogP contribution in [0, 0.1) is 6.20 Å². The van der Waals surface area contributed by atoms with Gasteiger partial charge in [-0.25, -0.2) is 9.97 Å². The molecule has 2 rings (SSSR count). The fourth-order valence-electron chi connectivity index (χ4n) is 0.898. The van der Waals surface area contributed by atoms with Crippen LogP contribution in [0.5, 0.6) is 0 Å². The first-order chi connectivity index (χ1) is 5.36. The number of fused-ring (bicyclic) bond motifs is 1. The van der Waals surface area contributed by atoms with Crippen molar-refractivity contribution >= 4 is 22.5 Å². The van der Waals surface area contributed by atoms with E-state index in [4.69, 9.17) is 11.6 Å². The molecule has 0 N–H and O–H groups in total. The number of halogens is 1. The average Bonchev–Trinajstić information content (AvgIpc) is 2.04. The molecule has 0 unspecified atom stereocenters. The molecule has 0 fully saturated rings. The molecular formula is C8H4ClN2. The molecule has 0 bridgehead atoms. The third-order valence-electron chi connectivity index (χ3n) is 1.40. The molecular weight excluding hydrogens is 160 g/mol. The first-order valence-corrected chi connectivity index (χ1v) is 3.52. The Morgan fingerprint density at radius 1 is 1.45 bits per heavy atom. The quantitative estimate of drug-likeness (QED) is 0.556. The second-order valence-corrected chi connectivity index (χ2v) is 2.53. The zero-order valence-electron chi connectivity index (χ0n) is 5.58. The van der Waals surface area contributed by atoms with Crippen molar-refractivity contribution in [2.75, 3.05) is 0 Å². The maximum atomic E-state index is 5.67. The normalized spacial score (nSPS) is 10.3. The number of aromatic nitrogens is 2. The van der Waals surface area contributed by atoms with Crippen LogP contribution in [0.2, 0.25) is 5.15 Å². The molecule has 2 nitrogen and oxygen atoms in total. The smallest absolute Gasteiger partial charge is 0.129 e. The monoisotopic (exact) mass is 163 g/mol. The first-order valence-electron chi connectivity index (χ1n) is 3.14. The van der Waals surface area contributed by atoms with Crippen LogP contribution in [-0.2, 0) is 0 Å². The third kappa shape index (κ3) is 1.17. The van der Waals surface area contributed by atoms with Gasteiger partial charge in [-0.1, -0.05) is 17.7 Å². The molecule has 0 aromatic carbocycles. The van der Waals surface area contributed by atoms with Gasteiger partial charge >= 0.3 is 0 Å². The van der Waals surface area contributed by atoms with Gasteiger partial charge in [0.05, 0.1) is 17.9 Å². The molecule has 2 aromatic rings. The van der Waals surface area contributed by atoms with Crippen LogP contribution in [-0.4, -0.2) is 9.97 Å². The average molecular weight is 164 g/mol. The highest BCUT2D eigenvalue weighted by molar-refractivity contribution is 6.30. The minimum absolute atomic E-state index is 0.491. The lowest BCUT2D eigenvalue weighted by Crippen LogP contribution is -1.79. The van der Waals surface area contributed by atoms with Gasteiger partial charge in [0.15, 0.2) is 0 Å². The molecule has 1 radical (unpaired) electrons. The predicted octanol–water partition coefficient (Wildman–Crippen LogP) is 2.08. The maximum Gasteiger partial charge on any atom is 0.129 e. The lowest BCUT2D eigenvalue weighted by Gasteiger charge is -1.93. The van der Waals surface area contributed by atoms with Crippen molar-refractivity contribution in [1.82, 2.24) is 9.97 Å². The van der Waals surface area contributed by atoms with Crippen molar-refractivity contribution < 1.29 is 0 Å². The van der Waals surface area contributed by atoms with Gasteiger partial charge in [0, 0.05) is 5.39 Å². The lowest BCUT2D eigenvalue weighted by atomic mass is 10.3. The standard InChI is InChI=1S/C8H4ClN2/c9-8-4-6-2-1-3-10-7(6)5-11-8/h1-2,4-5H. The van der Waals surface area contributed by atoms with E-state index >= 15 is 0 Å². The first kappa shape index (κ1) is 6.55. The van der Waals surface area contributed by atoms with Crippen LogP contribution in [0.15, 0.2) is 24.4 Å². The van der Waals surface area contributed by atoms with Crippen molar-refractivity contribution in [3.05, 3.63) is 35.7 Å². The van der Waals surface area contributed by atoms with Gasteiger partial charge in [0.25, 0.3) is 0 Å². The molecule has 0 aliphatic heterocycles. The zero-order valence-corrected chi connectivity index (χ0v) is 6.34. The molecule has 0 atom stereocenters. The van der Waals surface area contributed by atoms with Gasteiger partial charge in [0.2, 0.25) is 0 Å². The van der Waals surface area contributed by atoms with E-state index in [1.165, 1.54) is 0 Å². The summed E-state index contributed by atoms with van der Waals surface area (Å²) >= 11 is 5.67. The second kappa shape index (κ2) is 2.47. The zero-order chi connectivity index (χ0) is 7.68. The van der Waals surface area contributed by atoms with Crippen LogP contribution in [0.25, 0.3) is 10.9 Å². The Kier molecular flexibility index (Phi) is 1.47. The van der Waals surface area contributed by atoms with Gasteiger partial charge in [0.1, 0.15) is 5.15 Å². The Morgan fingerprint density at radius 3 is 3.27 bits per heavy atom. The second-order valence-electron chi connectivity index (χ2n) is 2.14. The Balaban J connectivity index is 2.83. The minimum Gasteiger partial charge on any atom is -0.245 e. The van der Waals surface area contributed by atoms with Gasteiger partial charge in [-0.15, -0.1) is 0 Å². The summed E-state index contributed by atoms with van der Waals surface area (Å²) in [6, 6.07) is 5.42. The molecule has 0 saturated heterocycles. The highest BCUT2D eigenvalue weighted by Gasteiger charge is 1.93. The Bertz CT molecular complexity index is 387. The molecule has 2 heterocycles. The summed E-state index contributed by atoms with van der Waals surface area (Å²) in [7, 11) is 0. The van der Waals surface area contributed by atoms with Crippen LogP contribution < -0.4 is 0 Å². The molecule has 11 heavy (non-hydrogen) atoms. The van der Waals surface area contributed by atoms with Crippen LogP contribution in [0.1, 0.15) is 0 Å². The van der Waals surface area contributed by atoms with Gasteiger partial charge in [-0.05, 0) is 12.1 Å². The minimum atomic E-state index is 0.491. The summed E-state index contributed by atoms with van der Waals surface area (Å²) in [5.74, 6) is 0. The van der Waals surface area contributed by atoms with Crippen molar-refractivity contribution in [3.8, 4) is 0 Å². The van der Waals surface area contributed by atoms with Crippen molar-refractivity contribution in [1.29, 1.82) is 0 Å². The number of nitrogens with zero attached hydrogens (tertiary/aromatic N) is 2. The summed E-state index contributed by atoms with van der Waals surface area (Å²) in [6.07, 6.45) is 4.35. The molecule has 0 spiro atoms. The summed E-state index contributed by atoms with van der Waals surface area (Å²) < 4.78 is 0. The summed E-state index contributed by atoms with van der Waals surface area (Å²) in [4.78, 5) is 7.87. The molecule has 0 aliphatic rings. The summed E-state index contributed by atoms with van der Waals surface area (Å²) in [5.41, 5.74) is 0.817. The van der Waals surface area contributed by atoms with E-state index in [9.17, 15) is 0 Å². The van der Waals surface area contributed by atoms with E-state index in [1.807, 2.05) is 6.07 Å². The summed E-state index contributed by atoms with van der Waals surface area (Å²) in [6.45, 7) is 0. The maximum absolute atomic E-state index is 5.67. The van der Waals surface area contributed by atoms with E-state index in [0.29, 0.717) is 5.15 Å². The van der Waals surface area contributed by atoms with Crippen molar-refractivity contribution in [2.45, 2.75) is 0 Å². The fourth-order valence-corrected chi connectivity index (χ4v) is 1.06. The largest absolute Gasteiger partial charge is 0.245 e. The van der Waals surface area contributed by atoms with E-state index in [1.54, 1.807) is 18.3 Å². The van der Waals surface area contributed by atoms with E-state index < -0.39 is 0 Å². The number of hydrogen-bond donors (Lipinski definition) is 0. The van der Waals surface area contributed by atoms with E-state index in [-0.39, 0.29) is 0 Å². The molecule has 3 heteroatoms. The number of hydrogen-bond acceptors (Lipinski definition) is 2. The van der Waals surface area contributed by atoms with Crippen LogP contribution in [0.4, 0.5) is 0 Å². The van der Waals surface area contributed by atoms with Crippen molar-refractivity contribution in [3.63, 3.8) is 0 Å². The molecule has 0 saturated carbocycles. The number of rotatable bonds is 0. The van der Waals surface area contributed by atoms with Crippen LogP contribution in [0.3, 0.4) is 0 Å². The third-order valence-corrected chi connectivity index (χ3v) is 1.61. The number of pyridine rings is 2. The fraction of sp³-hybridized carbons (Fsp3) is 0. The highest BCUT2D eigenvalue weighted by atomic mass is 35.5. The Hall–Kier alpha value is -1.15. The van der Waals surface area contributed by atoms with Crippen molar-refractivity contribution in [2.24, 2.45) is 0 Å². The Labute approximate surface area is 68.9 Å². The lowest BCUT2D eigenvalue weighted by molar-refractivity contribution is 1.30. The van der Waals surface area contributed by atoms with E-state index in [0.717, 1.165) is 10.9 Å². The van der Waals surface area contributed by atoms with Gasteiger partial charge < -0.3 is 0 Å². The van der Waals surface area contributed by atoms with Crippen LogP contribution >= 0.6 is 11.6 Å². The molecule has 53 valence electrons. The molecule has 2 aromatic heterocycles. The Morgan fingerprint density at radius 2 is 2.36 bits per heavy atom. The highest BCUT2D eigenvalue weighted by Crippen LogP contribution is 2.12.